The summed E-state index contributed by atoms with van der Waals surface area (Å²) in [4.78, 5) is 24.5. The van der Waals surface area contributed by atoms with Gasteiger partial charge < -0.3 is 10.1 Å². The van der Waals surface area contributed by atoms with Crippen molar-refractivity contribution in [2.45, 2.75) is 5.72 Å². The molecule has 1 spiro atoms. The summed E-state index contributed by atoms with van der Waals surface area (Å²) in [5.41, 5.74) is -0.0901. The molecule has 0 saturated carbocycles. The van der Waals surface area contributed by atoms with Crippen LogP contribution in [0.2, 0.25) is 0 Å². The van der Waals surface area contributed by atoms with Crippen LogP contribution in [-0.4, -0.2) is 11.8 Å². The zero-order valence-corrected chi connectivity index (χ0v) is 10.1. The van der Waals surface area contributed by atoms with Crippen molar-refractivity contribution >= 4 is 17.4 Å². The summed E-state index contributed by atoms with van der Waals surface area (Å²) < 4.78 is 18.6. The molecule has 0 saturated heterocycles. The van der Waals surface area contributed by atoms with E-state index in [4.69, 9.17) is 4.74 Å². The molecule has 0 aromatic heterocycles. The van der Waals surface area contributed by atoms with Crippen molar-refractivity contribution in [3.63, 3.8) is 0 Å². The maximum Gasteiger partial charge on any atom is 0.341 e. The molecule has 98 valence electrons. The first kappa shape index (κ1) is 11.2. The van der Waals surface area contributed by atoms with Gasteiger partial charge in [0.05, 0.1) is 11.1 Å². The summed E-state index contributed by atoms with van der Waals surface area (Å²) in [5.74, 6) is -1.52. The van der Waals surface area contributed by atoms with Crippen molar-refractivity contribution in [3.8, 4) is 0 Å². The van der Waals surface area contributed by atoms with Gasteiger partial charge >= 0.3 is 5.97 Å². The molecule has 1 N–H and O–H groups in total. The minimum atomic E-state index is -1.55. The molecule has 1 atom stereocenters. The quantitative estimate of drug-likeness (QED) is 0.746. The van der Waals surface area contributed by atoms with Crippen LogP contribution < -0.4 is 5.32 Å². The van der Waals surface area contributed by atoms with Crippen LogP contribution in [0.1, 0.15) is 26.3 Å². The van der Waals surface area contributed by atoms with E-state index in [1.807, 2.05) is 0 Å². The highest BCUT2D eigenvalue weighted by Gasteiger charge is 2.56. The van der Waals surface area contributed by atoms with Gasteiger partial charge in [-0.05, 0) is 24.3 Å². The second kappa shape index (κ2) is 3.45. The Bertz CT molecular complexity index is 786. The molecule has 2 aromatic rings. The zero-order valence-electron chi connectivity index (χ0n) is 10.1. The van der Waals surface area contributed by atoms with Gasteiger partial charge in [0, 0.05) is 11.3 Å². The summed E-state index contributed by atoms with van der Waals surface area (Å²) in [7, 11) is 0. The van der Waals surface area contributed by atoms with Gasteiger partial charge in [0.25, 0.3) is 5.72 Å². The maximum atomic E-state index is 13.3. The molecule has 2 heterocycles. The molecule has 20 heavy (non-hydrogen) atoms. The number of ketones is 1. The summed E-state index contributed by atoms with van der Waals surface area (Å²) in [6, 6.07) is 10.5. The second-order valence-corrected chi connectivity index (χ2v) is 4.76. The van der Waals surface area contributed by atoms with Gasteiger partial charge in [0.15, 0.2) is 0 Å². The van der Waals surface area contributed by atoms with Gasteiger partial charge in [-0.2, -0.15) is 0 Å². The van der Waals surface area contributed by atoms with Gasteiger partial charge in [-0.3, -0.25) is 4.79 Å². The lowest BCUT2D eigenvalue weighted by Crippen LogP contribution is -2.38. The van der Waals surface area contributed by atoms with E-state index in [0.717, 1.165) is 6.07 Å². The van der Waals surface area contributed by atoms with Gasteiger partial charge in [-0.1, -0.05) is 18.2 Å². The molecular weight excluding hydrogens is 261 g/mol. The first-order valence-corrected chi connectivity index (χ1v) is 6.07. The van der Waals surface area contributed by atoms with E-state index in [1.165, 1.54) is 12.1 Å². The van der Waals surface area contributed by atoms with Crippen molar-refractivity contribution < 1.29 is 18.7 Å². The minimum Gasteiger partial charge on any atom is -0.423 e. The fourth-order valence-electron chi connectivity index (χ4n) is 2.73. The molecule has 2 aromatic carbocycles. The first-order valence-electron chi connectivity index (χ1n) is 6.07. The Hall–Kier alpha value is -2.69. The maximum absolute atomic E-state index is 13.3. The number of esters is 1. The fourth-order valence-corrected chi connectivity index (χ4v) is 2.73. The van der Waals surface area contributed by atoms with Gasteiger partial charge in [-0.25, -0.2) is 9.18 Å². The van der Waals surface area contributed by atoms with Crippen molar-refractivity contribution in [1.82, 2.24) is 0 Å². The number of hydrogen-bond donors (Lipinski definition) is 1. The van der Waals surface area contributed by atoms with Crippen LogP contribution in [-0.2, 0) is 10.5 Å². The van der Waals surface area contributed by atoms with Crippen LogP contribution in [0.3, 0.4) is 0 Å². The second-order valence-electron chi connectivity index (χ2n) is 4.76. The Morgan fingerprint density at radius 3 is 2.70 bits per heavy atom. The number of carbonyl (C=O) groups excluding carboxylic acids is 2. The fraction of sp³-hybridized carbons (Fsp3) is 0.0667. The molecule has 0 aliphatic carbocycles. The lowest BCUT2D eigenvalue weighted by molar-refractivity contribution is 0.0111. The van der Waals surface area contributed by atoms with Crippen molar-refractivity contribution in [1.29, 1.82) is 0 Å². The molecule has 0 bridgehead atoms. The highest BCUT2D eigenvalue weighted by molar-refractivity contribution is 6.16. The number of hydrogen-bond acceptors (Lipinski definition) is 4. The summed E-state index contributed by atoms with van der Waals surface area (Å²) in [6.45, 7) is 0. The summed E-state index contributed by atoms with van der Waals surface area (Å²) >= 11 is 0. The smallest absolute Gasteiger partial charge is 0.341 e. The Kier molecular flexibility index (Phi) is 1.92. The number of rotatable bonds is 0. The molecular formula is C15H8FNO3. The van der Waals surface area contributed by atoms with Crippen LogP contribution in [0, 0.1) is 5.82 Å². The molecule has 2 aliphatic heterocycles. The van der Waals surface area contributed by atoms with E-state index in [2.05, 4.69) is 5.32 Å². The van der Waals surface area contributed by atoms with Crippen LogP contribution in [0.25, 0.3) is 0 Å². The first-order chi connectivity index (χ1) is 9.62. The van der Waals surface area contributed by atoms with Crippen LogP contribution >= 0.6 is 0 Å². The van der Waals surface area contributed by atoms with Crippen LogP contribution in [0.15, 0.2) is 42.5 Å². The minimum absolute atomic E-state index is 0.189. The average Bonchev–Trinajstić information content (AvgIpc) is 2.89. The Labute approximate surface area is 113 Å². The molecule has 4 rings (SSSR count). The zero-order chi connectivity index (χ0) is 13.9. The Morgan fingerprint density at radius 1 is 1.05 bits per heavy atom. The molecule has 4 nitrogen and oxygen atoms in total. The number of Topliss-reactive ketones (excluding diaryl/α,β-unsaturated/α-hetero) is 1. The molecule has 0 radical (unpaired) electrons. The molecule has 5 heteroatoms. The Balaban J connectivity index is 1.94. The highest BCUT2D eigenvalue weighted by Crippen LogP contribution is 2.45. The lowest BCUT2D eigenvalue weighted by Gasteiger charge is -2.22. The number of ether oxygens (including phenoxy) is 1. The Morgan fingerprint density at radius 2 is 1.85 bits per heavy atom. The van der Waals surface area contributed by atoms with Crippen LogP contribution in [0.4, 0.5) is 10.1 Å². The molecule has 1 unspecified atom stereocenters. The van der Waals surface area contributed by atoms with Gasteiger partial charge in [-0.15, -0.1) is 0 Å². The molecule has 0 amide bonds. The lowest BCUT2D eigenvalue weighted by atomic mass is 9.96. The predicted octanol–water partition coefficient (Wildman–Crippen LogP) is 2.46. The normalized spacial score (nSPS) is 22.4. The number of benzene rings is 2. The largest absolute Gasteiger partial charge is 0.423 e. The van der Waals surface area contributed by atoms with Crippen LogP contribution in [0.5, 0.6) is 0 Å². The summed E-state index contributed by atoms with van der Waals surface area (Å²) in [5, 5.41) is 2.91. The summed E-state index contributed by atoms with van der Waals surface area (Å²) in [6.07, 6.45) is 0. The third-order valence-corrected chi connectivity index (χ3v) is 3.63. The SMILES string of the molecule is O=C1OC2(Nc3ccc(F)cc3C2=O)c2ccccc21. The molecule has 2 aliphatic rings. The van der Waals surface area contributed by atoms with E-state index in [0.29, 0.717) is 16.8 Å². The number of carbonyl (C=O) groups is 2. The third-order valence-electron chi connectivity index (χ3n) is 3.63. The van der Waals surface area contributed by atoms with E-state index in [9.17, 15) is 14.0 Å². The topological polar surface area (TPSA) is 55.4 Å². The number of nitrogens with one attached hydrogen (secondary N) is 1. The van der Waals surface area contributed by atoms with Crippen molar-refractivity contribution in [2.75, 3.05) is 5.32 Å². The average molecular weight is 269 g/mol. The molecule has 0 fully saturated rings. The standard InChI is InChI=1S/C15H8FNO3/c16-8-5-6-12-10(7-8)13(18)15(17-12)11-4-2-1-3-9(11)14(19)20-15/h1-7,17H. The van der Waals surface area contributed by atoms with Crippen molar-refractivity contribution in [3.05, 3.63) is 65.0 Å². The van der Waals surface area contributed by atoms with Gasteiger partial charge in [0.1, 0.15) is 5.82 Å². The number of halogens is 1. The van der Waals surface area contributed by atoms with E-state index in [1.54, 1.807) is 24.3 Å². The van der Waals surface area contributed by atoms with E-state index in [-0.39, 0.29) is 5.56 Å². The number of fused-ring (bicyclic) bond motifs is 3. The van der Waals surface area contributed by atoms with E-state index >= 15 is 0 Å². The highest BCUT2D eigenvalue weighted by atomic mass is 19.1. The number of anilines is 1. The third kappa shape index (κ3) is 1.19. The predicted molar refractivity (Wildman–Crippen MR) is 67.9 cm³/mol. The van der Waals surface area contributed by atoms with E-state index < -0.39 is 23.3 Å². The van der Waals surface area contributed by atoms with Gasteiger partial charge in [0.2, 0.25) is 5.78 Å². The van der Waals surface area contributed by atoms with Crippen molar-refractivity contribution in [2.24, 2.45) is 0 Å². The monoisotopic (exact) mass is 269 g/mol.